The number of halogens is 1. The van der Waals surface area contributed by atoms with Crippen LogP contribution in [-0.4, -0.2) is 37.4 Å². The average Bonchev–Trinajstić information content (AvgIpc) is 2.50. The first-order chi connectivity index (χ1) is 10.0. The molecule has 0 amide bonds. The molecule has 1 aromatic rings. The van der Waals surface area contributed by atoms with Crippen LogP contribution in [0.5, 0.6) is 5.75 Å². The molecule has 4 heteroatoms. The van der Waals surface area contributed by atoms with Gasteiger partial charge in [0.25, 0.3) is 0 Å². The van der Waals surface area contributed by atoms with Crippen molar-refractivity contribution in [3.63, 3.8) is 0 Å². The zero-order valence-corrected chi connectivity index (χ0v) is 14.2. The molecule has 0 spiro atoms. The van der Waals surface area contributed by atoms with Crippen LogP contribution < -0.4 is 4.74 Å². The Morgan fingerprint density at radius 1 is 1.29 bits per heavy atom. The number of nitrogens with zero attached hydrogens (tertiary/aromatic N) is 1. The third kappa shape index (κ3) is 5.33. The number of Topliss-reactive ketones (excluding diaryl/α,β-unsaturated/α-hetero) is 1. The van der Waals surface area contributed by atoms with Crippen LogP contribution >= 0.6 is 11.6 Å². The van der Waals surface area contributed by atoms with Crippen LogP contribution in [0.2, 0.25) is 5.02 Å². The monoisotopic (exact) mass is 311 g/mol. The Balaban J connectivity index is 2.72. The minimum Gasteiger partial charge on any atom is -0.495 e. The molecule has 0 saturated carbocycles. The van der Waals surface area contributed by atoms with Crippen molar-refractivity contribution >= 4 is 17.4 Å². The molecular formula is C17H26ClNO2. The summed E-state index contributed by atoms with van der Waals surface area (Å²) in [6.07, 6.45) is 2.30. The number of likely N-dealkylation sites (N-methyl/N-ethyl adjacent to an activating group) is 1. The van der Waals surface area contributed by atoms with Gasteiger partial charge < -0.3 is 4.74 Å². The van der Waals surface area contributed by atoms with Gasteiger partial charge in [-0.05, 0) is 30.7 Å². The Morgan fingerprint density at radius 2 is 1.95 bits per heavy atom. The maximum Gasteiger partial charge on any atom is 0.176 e. The Bertz CT molecular complexity index is 458. The second kappa shape index (κ2) is 9.06. The molecule has 21 heavy (non-hydrogen) atoms. The molecule has 0 aliphatic carbocycles. The number of benzene rings is 1. The van der Waals surface area contributed by atoms with E-state index in [0.29, 0.717) is 28.8 Å². The van der Waals surface area contributed by atoms with Crippen LogP contribution in [-0.2, 0) is 0 Å². The van der Waals surface area contributed by atoms with Gasteiger partial charge in [0.1, 0.15) is 5.75 Å². The van der Waals surface area contributed by atoms with Crippen molar-refractivity contribution < 1.29 is 9.53 Å². The number of methoxy groups -OCH3 is 1. The van der Waals surface area contributed by atoms with Gasteiger partial charge in [0, 0.05) is 12.1 Å². The molecule has 0 N–H and O–H groups in total. The standard InChI is InChI=1S/C17H26ClNO2/c1-5-13(6-2)11-19(7-3)12-16(20)14-8-9-17(21-4)15(18)10-14/h8-10,13H,5-7,11-12H2,1-4H3. The van der Waals surface area contributed by atoms with Gasteiger partial charge in [0.15, 0.2) is 5.78 Å². The Hall–Kier alpha value is -1.06. The van der Waals surface area contributed by atoms with E-state index in [0.717, 1.165) is 25.9 Å². The summed E-state index contributed by atoms with van der Waals surface area (Å²) in [7, 11) is 1.57. The molecule has 0 bridgehead atoms. The maximum atomic E-state index is 12.4. The fourth-order valence-corrected chi connectivity index (χ4v) is 2.61. The van der Waals surface area contributed by atoms with Crippen LogP contribution in [0.3, 0.4) is 0 Å². The molecule has 0 atom stereocenters. The SMILES string of the molecule is CCC(CC)CN(CC)CC(=O)c1ccc(OC)c(Cl)c1. The molecule has 1 rings (SSSR count). The van der Waals surface area contributed by atoms with Crippen molar-refractivity contribution in [1.82, 2.24) is 4.90 Å². The number of ketones is 1. The number of hydrogen-bond acceptors (Lipinski definition) is 3. The first-order valence-corrected chi connectivity index (χ1v) is 8.02. The van der Waals surface area contributed by atoms with Gasteiger partial charge in [-0.3, -0.25) is 9.69 Å². The van der Waals surface area contributed by atoms with E-state index in [1.54, 1.807) is 25.3 Å². The predicted molar refractivity (Wildman–Crippen MR) is 88.5 cm³/mol. The third-order valence-electron chi connectivity index (χ3n) is 3.96. The first-order valence-electron chi connectivity index (χ1n) is 7.64. The van der Waals surface area contributed by atoms with Gasteiger partial charge in [-0.15, -0.1) is 0 Å². The predicted octanol–water partition coefficient (Wildman–Crippen LogP) is 4.29. The highest BCUT2D eigenvalue weighted by atomic mass is 35.5. The second-order valence-electron chi connectivity index (χ2n) is 5.28. The minimum atomic E-state index is 0.104. The summed E-state index contributed by atoms with van der Waals surface area (Å²) in [5.41, 5.74) is 0.642. The molecule has 0 saturated heterocycles. The highest BCUT2D eigenvalue weighted by molar-refractivity contribution is 6.32. The van der Waals surface area contributed by atoms with E-state index in [4.69, 9.17) is 16.3 Å². The Labute approximate surface area is 133 Å². The van der Waals surface area contributed by atoms with E-state index in [1.807, 2.05) is 0 Å². The van der Waals surface area contributed by atoms with Crippen LogP contribution in [0.25, 0.3) is 0 Å². The Morgan fingerprint density at radius 3 is 2.43 bits per heavy atom. The summed E-state index contributed by atoms with van der Waals surface area (Å²) in [5, 5.41) is 0.478. The van der Waals surface area contributed by atoms with Crippen molar-refractivity contribution in [2.75, 3.05) is 26.7 Å². The fraction of sp³-hybridized carbons (Fsp3) is 0.588. The summed E-state index contributed by atoms with van der Waals surface area (Å²) in [4.78, 5) is 14.6. The van der Waals surface area contributed by atoms with Crippen molar-refractivity contribution in [3.05, 3.63) is 28.8 Å². The molecule has 3 nitrogen and oxygen atoms in total. The van der Waals surface area contributed by atoms with Crippen molar-refractivity contribution in [2.24, 2.45) is 5.92 Å². The van der Waals surface area contributed by atoms with Crippen molar-refractivity contribution in [1.29, 1.82) is 0 Å². The summed E-state index contributed by atoms with van der Waals surface area (Å²) in [5.74, 6) is 1.35. The summed E-state index contributed by atoms with van der Waals surface area (Å²) < 4.78 is 5.11. The smallest absolute Gasteiger partial charge is 0.176 e. The summed E-state index contributed by atoms with van der Waals surface area (Å²) in [6.45, 7) is 8.79. The molecule has 0 radical (unpaired) electrons. The van der Waals surface area contributed by atoms with Gasteiger partial charge in [-0.1, -0.05) is 45.2 Å². The van der Waals surface area contributed by atoms with Crippen LogP contribution in [0.15, 0.2) is 18.2 Å². The van der Waals surface area contributed by atoms with E-state index in [-0.39, 0.29) is 5.78 Å². The molecule has 0 unspecified atom stereocenters. The molecule has 118 valence electrons. The van der Waals surface area contributed by atoms with Crippen molar-refractivity contribution in [3.8, 4) is 5.75 Å². The lowest BCUT2D eigenvalue weighted by Gasteiger charge is -2.24. The van der Waals surface area contributed by atoms with Crippen LogP contribution in [0.1, 0.15) is 44.0 Å². The second-order valence-corrected chi connectivity index (χ2v) is 5.69. The number of ether oxygens (including phenoxy) is 1. The van der Waals surface area contributed by atoms with E-state index in [1.165, 1.54) is 0 Å². The molecule has 0 fully saturated rings. The molecule has 0 aliphatic heterocycles. The lowest BCUT2D eigenvalue weighted by Crippen LogP contribution is -2.34. The largest absolute Gasteiger partial charge is 0.495 e. The lowest BCUT2D eigenvalue weighted by atomic mass is 10.0. The zero-order valence-electron chi connectivity index (χ0n) is 13.5. The van der Waals surface area contributed by atoms with E-state index in [9.17, 15) is 4.79 Å². The Kier molecular flexibility index (Phi) is 7.76. The molecule has 0 heterocycles. The molecule has 0 aromatic heterocycles. The number of hydrogen-bond donors (Lipinski definition) is 0. The van der Waals surface area contributed by atoms with Crippen LogP contribution in [0.4, 0.5) is 0 Å². The van der Waals surface area contributed by atoms with Gasteiger partial charge in [-0.25, -0.2) is 0 Å². The van der Waals surface area contributed by atoms with Gasteiger partial charge in [0.05, 0.1) is 18.7 Å². The molecule has 1 aromatic carbocycles. The van der Waals surface area contributed by atoms with Crippen LogP contribution in [0, 0.1) is 5.92 Å². The number of carbonyl (C=O) groups excluding carboxylic acids is 1. The normalized spacial score (nSPS) is 11.2. The van der Waals surface area contributed by atoms with Gasteiger partial charge in [-0.2, -0.15) is 0 Å². The van der Waals surface area contributed by atoms with Crippen molar-refractivity contribution in [2.45, 2.75) is 33.6 Å². The average molecular weight is 312 g/mol. The quantitative estimate of drug-likeness (QED) is 0.637. The molecular weight excluding hydrogens is 286 g/mol. The minimum absolute atomic E-state index is 0.104. The first kappa shape index (κ1) is 18.0. The number of carbonyl (C=O) groups is 1. The van der Waals surface area contributed by atoms with E-state index in [2.05, 4.69) is 25.7 Å². The van der Waals surface area contributed by atoms with E-state index < -0.39 is 0 Å². The summed E-state index contributed by atoms with van der Waals surface area (Å²) in [6, 6.07) is 5.21. The fourth-order valence-electron chi connectivity index (χ4n) is 2.35. The van der Waals surface area contributed by atoms with Gasteiger partial charge >= 0.3 is 0 Å². The highest BCUT2D eigenvalue weighted by Crippen LogP contribution is 2.25. The topological polar surface area (TPSA) is 29.5 Å². The lowest BCUT2D eigenvalue weighted by molar-refractivity contribution is 0.0920. The van der Waals surface area contributed by atoms with Gasteiger partial charge in [0.2, 0.25) is 0 Å². The number of rotatable bonds is 9. The maximum absolute atomic E-state index is 12.4. The molecule has 0 aliphatic rings. The highest BCUT2D eigenvalue weighted by Gasteiger charge is 2.15. The zero-order chi connectivity index (χ0) is 15.8. The third-order valence-corrected chi connectivity index (χ3v) is 4.25. The van der Waals surface area contributed by atoms with E-state index >= 15 is 0 Å². The summed E-state index contributed by atoms with van der Waals surface area (Å²) >= 11 is 6.08.